The van der Waals surface area contributed by atoms with Crippen molar-refractivity contribution in [2.45, 2.75) is 12.8 Å². The van der Waals surface area contributed by atoms with Gasteiger partial charge in [-0.1, -0.05) is 29.8 Å². The fraction of sp³-hybridized carbons (Fsp3) is 0.435. The highest BCUT2D eigenvalue weighted by atomic mass is 35.5. The predicted molar refractivity (Wildman–Crippen MR) is 119 cm³/mol. The number of benzene rings is 1. The summed E-state index contributed by atoms with van der Waals surface area (Å²) in [5.41, 5.74) is 0. The normalized spacial score (nSPS) is 17.5. The third-order valence-electron chi connectivity index (χ3n) is 5.93. The van der Waals surface area contributed by atoms with Crippen LogP contribution in [0.4, 0.5) is 5.82 Å². The summed E-state index contributed by atoms with van der Waals surface area (Å²) in [4.78, 5) is 35.7. The van der Waals surface area contributed by atoms with Crippen LogP contribution in [0.15, 0.2) is 48.7 Å². The lowest BCUT2D eigenvalue weighted by Crippen LogP contribution is -2.52. The van der Waals surface area contributed by atoms with E-state index in [9.17, 15) is 9.59 Å². The third kappa shape index (κ3) is 5.47. The summed E-state index contributed by atoms with van der Waals surface area (Å²) in [5.74, 6) is 1.74. The van der Waals surface area contributed by atoms with Gasteiger partial charge in [0.2, 0.25) is 5.91 Å². The van der Waals surface area contributed by atoms with Crippen molar-refractivity contribution < 1.29 is 14.3 Å². The molecule has 1 aromatic carbocycles. The summed E-state index contributed by atoms with van der Waals surface area (Å²) >= 11 is 5.91. The van der Waals surface area contributed by atoms with Gasteiger partial charge >= 0.3 is 0 Å². The van der Waals surface area contributed by atoms with Crippen molar-refractivity contribution >= 4 is 29.2 Å². The Morgan fingerprint density at radius 1 is 0.935 bits per heavy atom. The van der Waals surface area contributed by atoms with E-state index in [-0.39, 0.29) is 24.3 Å². The molecule has 8 heteroatoms. The Balaban J connectivity index is 1.20. The molecule has 2 amide bonds. The molecule has 2 fully saturated rings. The molecule has 7 nitrogen and oxygen atoms in total. The number of anilines is 1. The summed E-state index contributed by atoms with van der Waals surface area (Å²) in [5, 5.41) is 0.619. The number of ether oxygens (including phenoxy) is 1. The number of carbonyl (C=O) groups excluding carboxylic acids is 2. The molecule has 0 unspecified atom stereocenters. The van der Waals surface area contributed by atoms with E-state index in [1.165, 1.54) is 0 Å². The van der Waals surface area contributed by atoms with Crippen molar-refractivity contribution in [3.8, 4) is 5.75 Å². The Kier molecular flexibility index (Phi) is 6.92. The highest BCUT2D eigenvalue weighted by molar-refractivity contribution is 6.30. The highest BCUT2D eigenvalue weighted by Gasteiger charge is 2.32. The molecule has 0 saturated carbocycles. The first-order chi connectivity index (χ1) is 15.1. The Bertz CT molecular complexity index is 877. The molecule has 0 atom stereocenters. The van der Waals surface area contributed by atoms with E-state index in [1.807, 2.05) is 47.4 Å². The zero-order valence-corrected chi connectivity index (χ0v) is 18.2. The number of likely N-dealkylation sites (tertiary alicyclic amines) is 1. The Hall–Kier alpha value is -2.80. The van der Waals surface area contributed by atoms with Gasteiger partial charge in [-0.3, -0.25) is 9.59 Å². The maximum absolute atomic E-state index is 13.0. The van der Waals surface area contributed by atoms with Crippen LogP contribution in [-0.4, -0.2) is 72.5 Å². The molecule has 0 radical (unpaired) electrons. The van der Waals surface area contributed by atoms with Crippen molar-refractivity contribution in [1.29, 1.82) is 0 Å². The van der Waals surface area contributed by atoms with Gasteiger partial charge in [-0.25, -0.2) is 4.98 Å². The van der Waals surface area contributed by atoms with Gasteiger partial charge in [0.05, 0.1) is 5.02 Å². The lowest BCUT2D eigenvalue weighted by atomic mass is 9.95. The topological polar surface area (TPSA) is 66.0 Å². The number of carbonyl (C=O) groups is 2. The van der Waals surface area contributed by atoms with Gasteiger partial charge < -0.3 is 19.4 Å². The second-order valence-electron chi connectivity index (χ2n) is 7.90. The van der Waals surface area contributed by atoms with Crippen LogP contribution in [0, 0.1) is 5.92 Å². The molecule has 0 spiro atoms. The van der Waals surface area contributed by atoms with Gasteiger partial charge in [-0.15, -0.1) is 0 Å². The van der Waals surface area contributed by atoms with Gasteiger partial charge in [0.1, 0.15) is 11.6 Å². The number of halogens is 1. The van der Waals surface area contributed by atoms with E-state index in [0.717, 1.165) is 18.9 Å². The number of pyridine rings is 1. The van der Waals surface area contributed by atoms with Crippen molar-refractivity contribution in [2.75, 3.05) is 50.8 Å². The SMILES string of the molecule is O=C(COc1ccccc1)N1CCC(C(=O)N2CCN(c3ccc(Cl)cn3)CC2)CC1. The standard InChI is InChI=1S/C23H27ClN4O3/c24-19-6-7-21(25-16-19)26-12-14-28(15-13-26)23(30)18-8-10-27(11-9-18)22(29)17-31-20-4-2-1-3-5-20/h1-7,16,18H,8-15,17H2. The van der Waals surface area contributed by atoms with Crippen molar-refractivity contribution in [1.82, 2.24) is 14.8 Å². The molecule has 2 aromatic rings. The number of para-hydroxylation sites is 1. The number of aromatic nitrogens is 1. The van der Waals surface area contributed by atoms with Crippen LogP contribution in [0.2, 0.25) is 5.02 Å². The molecule has 4 rings (SSSR count). The fourth-order valence-corrected chi connectivity index (χ4v) is 4.21. The second kappa shape index (κ2) is 10.0. The third-order valence-corrected chi connectivity index (χ3v) is 6.15. The smallest absolute Gasteiger partial charge is 0.260 e. The van der Waals surface area contributed by atoms with Crippen molar-refractivity contribution in [2.24, 2.45) is 5.92 Å². The first-order valence-electron chi connectivity index (χ1n) is 10.7. The van der Waals surface area contributed by atoms with E-state index in [4.69, 9.17) is 16.3 Å². The van der Waals surface area contributed by atoms with E-state index in [2.05, 4.69) is 9.88 Å². The van der Waals surface area contributed by atoms with Crippen molar-refractivity contribution in [3.05, 3.63) is 53.7 Å². The van der Waals surface area contributed by atoms with E-state index < -0.39 is 0 Å². The molecular formula is C23H27ClN4O3. The quantitative estimate of drug-likeness (QED) is 0.712. The lowest BCUT2D eigenvalue weighted by Gasteiger charge is -2.39. The summed E-state index contributed by atoms with van der Waals surface area (Å²) in [6.45, 7) is 4.12. The van der Waals surface area contributed by atoms with Crippen molar-refractivity contribution in [3.63, 3.8) is 0 Å². The molecule has 1 aromatic heterocycles. The number of hydrogen-bond acceptors (Lipinski definition) is 5. The van der Waals surface area contributed by atoms with Crippen LogP contribution >= 0.6 is 11.6 Å². The average molecular weight is 443 g/mol. The Morgan fingerprint density at radius 2 is 1.65 bits per heavy atom. The van der Waals surface area contributed by atoms with Gasteiger partial charge in [0, 0.05) is 51.4 Å². The monoisotopic (exact) mass is 442 g/mol. The van der Waals surface area contributed by atoms with Gasteiger partial charge in [0.15, 0.2) is 6.61 Å². The maximum atomic E-state index is 13.0. The second-order valence-corrected chi connectivity index (χ2v) is 8.34. The van der Waals surface area contributed by atoms with Gasteiger partial charge in [0.25, 0.3) is 5.91 Å². The van der Waals surface area contributed by atoms with Crippen LogP contribution in [0.25, 0.3) is 0 Å². The first-order valence-corrected chi connectivity index (χ1v) is 11.1. The zero-order valence-electron chi connectivity index (χ0n) is 17.5. The molecule has 2 aliphatic heterocycles. The fourth-order valence-electron chi connectivity index (χ4n) is 4.10. The minimum Gasteiger partial charge on any atom is -0.484 e. The Labute approximate surface area is 187 Å². The zero-order chi connectivity index (χ0) is 21.6. The van der Waals surface area contributed by atoms with E-state index in [1.54, 1.807) is 11.1 Å². The van der Waals surface area contributed by atoms with Gasteiger partial charge in [-0.05, 0) is 37.1 Å². The van der Waals surface area contributed by atoms with Crippen LogP contribution in [0.5, 0.6) is 5.75 Å². The number of nitrogens with zero attached hydrogens (tertiary/aromatic N) is 4. The van der Waals surface area contributed by atoms with Crippen LogP contribution < -0.4 is 9.64 Å². The molecule has 2 saturated heterocycles. The summed E-state index contributed by atoms with van der Waals surface area (Å²) < 4.78 is 5.56. The molecule has 0 N–H and O–H groups in total. The molecule has 3 heterocycles. The highest BCUT2D eigenvalue weighted by Crippen LogP contribution is 2.22. The minimum atomic E-state index is -0.0289. The predicted octanol–water partition coefficient (Wildman–Crippen LogP) is 2.70. The van der Waals surface area contributed by atoms with E-state index in [0.29, 0.717) is 49.8 Å². The van der Waals surface area contributed by atoms with Gasteiger partial charge in [-0.2, -0.15) is 0 Å². The lowest BCUT2D eigenvalue weighted by molar-refractivity contribution is -0.141. The Morgan fingerprint density at radius 3 is 2.29 bits per heavy atom. The largest absolute Gasteiger partial charge is 0.484 e. The van der Waals surface area contributed by atoms with Crippen LogP contribution in [0.1, 0.15) is 12.8 Å². The number of amides is 2. The molecule has 2 aliphatic rings. The summed E-state index contributed by atoms with van der Waals surface area (Å²) in [6.07, 6.45) is 3.05. The molecule has 0 bridgehead atoms. The first kappa shape index (κ1) is 21.4. The summed E-state index contributed by atoms with van der Waals surface area (Å²) in [7, 11) is 0. The molecule has 31 heavy (non-hydrogen) atoms. The minimum absolute atomic E-state index is 0.0145. The number of rotatable bonds is 5. The summed E-state index contributed by atoms with van der Waals surface area (Å²) in [6, 6.07) is 13.1. The van der Waals surface area contributed by atoms with Crippen LogP contribution in [-0.2, 0) is 9.59 Å². The average Bonchev–Trinajstić information content (AvgIpc) is 2.83. The number of piperidine rings is 1. The van der Waals surface area contributed by atoms with E-state index >= 15 is 0 Å². The molecular weight excluding hydrogens is 416 g/mol. The number of piperazine rings is 1. The number of hydrogen-bond donors (Lipinski definition) is 0. The maximum Gasteiger partial charge on any atom is 0.260 e. The molecule has 164 valence electrons. The van der Waals surface area contributed by atoms with Crippen LogP contribution in [0.3, 0.4) is 0 Å². The molecule has 0 aliphatic carbocycles.